The second kappa shape index (κ2) is 5.74. The predicted octanol–water partition coefficient (Wildman–Crippen LogP) is 4.39. The molecule has 1 unspecified atom stereocenters. The van der Waals surface area contributed by atoms with Crippen LogP contribution in [0.25, 0.3) is 0 Å². The van der Waals surface area contributed by atoms with Crippen LogP contribution in [-0.4, -0.2) is 24.0 Å². The standard InChI is InChI=1S/C21H27N/c1-17-6-8-18(9-7-17)10-11-20(19-4-2-3-5-19)22-15-14-21(16-22)12-13-21/h6-9,19-20H,2-5,12-16H2,1H3. The second-order valence-electron chi connectivity index (χ2n) is 7.85. The maximum absolute atomic E-state index is 3.68. The summed E-state index contributed by atoms with van der Waals surface area (Å²) in [6.45, 7) is 4.73. The molecule has 1 nitrogen and oxygen atoms in total. The number of nitrogens with zero attached hydrogens (tertiary/aromatic N) is 1. The number of aryl methyl sites for hydroxylation is 1. The smallest absolute Gasteiger partial charge is 0.0747 e. The van der Waals surface area contributed by atoms with E-state index in [1.165, 1.54) is 69.2 Å². The lowest BCUT2D eigenvalue weighted by molar-refractivity contribution is 0.214. The Kier molecular flexibility index (Phi) is 3.74. The summed E-state index contributed by atoms with van der Waals surface area (Å²) in [5.41, 5.74) is 3.20. The largest absolute Gasteiger partial charge is 0.289 e. The van der Waals surface area contributed by atoms with E-state index in [2.05, 4.69) is 47.9 Å². The van der Waals surface area contributed by atoms with E-state index in [-0.39, 0.29) is 0 Å². The first kappa shape index (κ1) is 14.3. The molecule has 1 aliphatic heterocycles. The van der Waals surface area contributed by atoms with Gasteiger partial charge in [0.15, 0.2) is 0 Å². The SMILES string of the molecule is Cc1ccc(C#CC(C2CCCC2)N2CCC3(CC3)C2)cc1. The molecule has 1 heteroatoms. The van der Waals surface area contributed by atoms with E-state index < -0.39 is 0 Å². The summed E-state index contributed by atoms with van der Waals surface area (Å²) in [6, 6.07) is 9.18. The fourth-order valence-corrected chi connectivity index (χ4v) is 4.37. The minimum absolute atomic E-state index is 0.503. The van der Waals surface area contributed by atoms with Crippen molar-refractivity contribution < 1.29 is 0 Å². The third-order valence-electron chi connectivity index (χ3n) is 6.08. The molecule has 1 spiro atoms. The zero-order chi connectivity index (χ0) is 15.0. The van der Waals surface area contributed by atoms with Crippen molar-refractivity contribution in [1.82, 2.24) is 4.90 Å². The molecule has 116 valence electrons. The topological polar surface area (TPSA) is 3.24 Å². The van der Waals surface area contributed by atoms with Gasteiger partial charge in [0, 0.05) is 12.1 Å². The van der Waals surface area contributed by atoms with Gasteiger partial charge in [-0.2, -0.15) is 0 Å². The molecule has 4 rings (SSSR count). The molecule has 1 saturated heterocycles. The molecule has 0 amide bonds. The van der Waals surface area contributed by atoms with Gasteiger partial charge in [-0.25, -0.2) is 0 Å². The van der Waals surface area contributed by atoms with E-state index in [0.717, 1.165) is 5.92 Å². The zero-order valence-corrected chi connectivity index (χ0v) is 13.8. The molecule has 2 saturated carbocycles. The fourth-order valence-electron chi connectivity index (χ4n) is 4.37. The number of hydrogen-bond acceptors (Lipinski definition) is 1. The highest BCUT2D eigenvalue weighted by atomic mass is 15.2. The summed E-state index contributed by atoms with van der Waals surface area (Å²) in [5, 5.41) is 0. The first-order chi connectivity index (χ1) is 10.7. The Bertz CT molecular complexity index is 579. The molecular formula is C21H27N. The van der Waals surface area contributed by atoms with Gasteiger partial charge >= 0.3 is 0 Å². The molecule has 1 heterocycles. The van der Waals surface area contributed by atoms with Crippen molar-refractivity contribution in [3.63, 3.8) is 0 Å². The van der Waals surface area contributed by atoms with Crippen LogP contribution in [0.5, 0.6) is 0 Å². The van der Waals surface area contributed by atoms with Gasteiger partial charge in [0.1, 0.15) is 0 Å². The number of benzene rings is 1. The van der Waals surface area contributed by atoms with Crippen LogP contribution in [0.15, 0.2) is 24.3 Å². The van der Waals surface area contributed by atoms with Gasteiger partial charge in [-0.15, -0.1) is 0 Å². The van der Waals surface area contributed by atoms with E-state index >= 15 is 0 Å². The lowest BCUT2D eigenvalue weighted by atomic mass is 9.96. The molecule has 2 aliphatic carbocycles. The molecule has 0 bridgehead atoms. The lowest BCUT2D eigenvalue weighted by Crippen LogP contribution is -2.37. The molecule has 1 aromatic rings. The van der Waals surface area contributed by atoms with Crippen molar-refractivity contribution in [3.05, 3.63) is 35.4 Å². The summed E-state index contributed by atoms with van der Waals surface area (Å²) < 4.78 is 0. The van der Waals surface area contributed by atoms with Crippen molar-refractivity contribution >= 4 is 0 Å². The van der Waals surface area contributed by atoms with Crippen LogP contribution in [0, 0.1) is 30.1 Å². The quantitative estimate of drug-likeness (QED) is 0.731. The predicted molar refractivity (Wildman–Crippen MR) is 91.7 cm³/mol. The second-order valence-corrected chi connectivity index (χ2v) is 7.85. The third kappa shape index (κ3) is 2.95. The van der Waals surface area contributed by atoms with E-state index in [0.29, 0.717) is 11.5 Å². The monoisotopic (exact) mass is 293 g/mol. The van der Waals surface area contributed by atoms with Crippen LogP contribution in [0.3, 0.4) is 0 Å². The Balaban J connectivity index is 1.53. The van der Waals surface area contributed by atoms with E-state index in [1.807, 2.05) is 0 Å². The molecule has 1 atom stereocenters. The van der Waals surface area contributed by atoms with Crippen molar-refractivity contribution in [1.29, 1.82) is 0 Å². The zero-order valence-electron chi connectivity index (χ0n) is 13.8. The van der Waals surface area contributed by atoms with Gasteiger partial charge in [-0.1, -0.05) is 42.4 Å². The number of likely N-dealkylation sites (tertiary alicyclic amines) is 1. The van der Waals surface area contributed by atoms with Crippen LogP contribution >= 0.6 is 0 Å². The molecule has 0 aromatic heterocycles. The van der Waals surface area contributed by atoms with Crippen LogP contribution in [0.2, 0.25) is 0 Å². The molecular weight excluding hydrogens is 266 g/mol. The fraction of sp³-hybridized carbons (Fsp3) is 0.619. The Hall–Kier alpha value is -1.26. The van der Waals surface area contributed by atoms with Gasteiger partial charge in [0.05, 0.1) is 6.04 Å². The average Bonchev–Trinajstić information content (AvgIpc) is 2.91. The minimum Gasteiger partial charge on any atom is -0.289 e. The van der Waals surface area contributed by atoms with Crippen LogP contribution in [-0.2, 0) is 0 Å². The Morgan fingerprint density at radius 3 is 2.45 bits per heavy atom. The summed E-state index contributed by atoms with van der Waals surface area (Å²) in [6.07, 6.45) is 9.94. The van der Waals surface area contributed by atoms with Gasteiger partial charge in [-0.05, 0) is 69.0 Å². The van der Waals surface area contributed by atoms with Crippen molar-refractivity contribution in [2.75, 3.05) is 13.1 Å². The highest BCUT2D eigenvalue weighted by Gasteiger charge is 2.49. The maximum atomic E-state index is 3.68. The summed E-state index contributed by atoms with van der Waals surface area (Å²) >= 11 is 0. The van der Waals surface area contributed by atoms with Crippen LogP contribution < -0.4 is 0 Å². The molecule has 3 aliphatic rings. The molecule has 0 N–H and O–H groups in total. The van der Waals surface area contributed by atoms with E-state index in [4.69, 9.17) is 0 Å². The summed E-state index contributed by atoms with van der Waals surface area (Å²) in [4.78, 5) is 2.73. The lowest BCUT2D eigenvalue weighted by Gasteiger charge is -2.28. The summed E-state index contributed by atoms with van der Waals surface area (Å²) in [5.74, 6) is 7.97. The summed E-state index contributed by atoms with van der Waals surface area (Å²) in [7, 11) is 0. The third-order valence-corrected chi connectivity index (χ3v) is 6.08. The first-order valence-corrected chi connectivity index (χ1v) is 9.06. The van der Waals surface area contributed by atoms with Crippen LogP contribution in [0.1, 0.15) is 56.1 Å². The van der Waals surface area contributed by atoms with Crippen molar-refractivity contribution in [2.45, 2.75) is 57.9 Å². The Labute approximate surface area is 135 Å². The Morgan fingerprint density at radius 1 is 1.09 bits per heavy atom. The molecule has 22 heavy (non-hydrogen) atoms. The van der Waals surface area contributed by atoms with E-state index in [9.17, 15) is 0 Å². The molecule has 3 fully saturated rings. The van der Waals surface area contributed by atoms with E-state index in [1.54, 1.807) is 0 Å². The highest BCUT2D eigenvalue weighted by Crippen LogP contribution is 2.53. The number of rotatable bonds is 2. The van der Waals surface area contributed by atoms with Gasteiger partial charge in [0.2, 0.25) is 0 Å². The van der Waals surface area contributed by atoms with Crippen LogP contribution in [0.4, 0.5) is 0 Å². The highest BCUT2D eigenvalue weighted by molar-refractivity contribution is 5.37. The first-order valence-electron chi connectivity index (χ1n) is 9.06. The Morgan fingerprint density at radius 2 is 1.82 bits per heavy atom. The molecule has 0 radical (unpaired) electrons. The minimum atomic E-state index is 0.503. The van der Waals surface area contributed by atoms with Gasteiger partial charge in [-0.3, -0.25) is 4.90 Å². The number of hydrogen-bond donors (Lipinski definition) is 0. The van der Waals surface area contributed by atoms with Crippen molar-refractivity contribution in [3.8, 4) is 11.8 Å². The molecule has 1 aromatic carbocycles. The maximum Gasteiger partial charge on any atom is 0.0747 e. The average molecular weight is 293 g/mol. The normalized spacial score (nSPS) is 25.1. The van der Waals surface area contributed by atoms with Crippen molar-refractivity contribution in [2.24, 2.45) is 11.3 Å². The van der Waals surface area contributed by atoms with Gasteiger partial charge in [0.25, 0.3) is 0 Å². The van der Waals surface area contributed by atoms with Gasteiger partial charge < -0.3 is 0 Å².